The molecule has 1 aliphatic rings. The van der Waals surface area contributed by atoms with E-state index in [1.165, 1.54) is 17.0 Å². The maximum absolute atomic E-state index is 13.7. The van der Waals surface area contributed by atoms with Crippen molar-refractivity contribution in [3.8, 4) is 0 Å². The molecule has 1 aliphatic heterocycles. The lowest BCUT2D eigenvalue weighted by Crippen LogP contribution is -2.43. The third-order valence-corrected chi connectivity index (χ3v) is 4.13. The van der Waals surface area contributed by atoms with Gasteiger partial charge in [0, 0.05) is 6.54 Å². The number of anilines is 1. The number of rotatable bonds is 4. The summed E-state index contributed by atoms with van der Waals surface area (Å²) in [6.07, 6.45) is 0.700. The van der Waals surface area contributed by atoms with Gasteiger partial charge in [-0.1, -0.05) is 42.5 Å². The molecular weight excluding hydrogens is 323 g/mol. The Morgan fingerprint density at radius 3 is 2.60 bits per heavy atom. The van der Waals surface area contributed by atoms with Crippen molar-refractivity contribution in [2.45, 2.75) is 25.5 Å². The number of amides is 2. The number of benzene rings is 2. The van der Waals surface area contributed by atoms with Gasteiger partial charge >= 0.3 is 6.09 Å². The zero-order chi connectivity index (χ0) is 17.6. The van der Waals surface area contributed by atoms with Crippen LogP contribution < -0.4 is 5.32 Å². The van der Waals surface area contributed by atoms with Crippen LogP contribution in [-0.2, 0) is 16.1 Å². The van der Waals surface area contributed by atoms with Crippen molar-refractivity contribution in [1.29, 1.82) is 0 Å². The lowest BCUT2D eigenvalue weighted by Gasteiger charge is -2.23. The topological polar surface area (TPSA) is 58.6 Å². The summed E-state index contributed by atoms with van der Waals surface area (Å²) < 4.78 is 19.0. The number of halogens is 1. The zero-order valence-corrected chi connectivity index (χ0v) is 13.7. The summed E-state index contributed by atoms with van der Waals surface area (Å²) in [5, 5.41) is 2.55. The number of hydrogen-bond acceptors (Lipinski definition) is 3. The Labute approximate surface area is 145 Å². The third kappa shape index (κ3) is 4.15. The Balaban J connectivity index is 1.60. The second kappa shape index (κ2) is 7.79. The van der Waals surface area contributed by atoms with Crippen LogP contribution in [0.2, 0.25) is 0 Å². The number of nitrogens with zero attached hydrogens (tertiary/aromatic N) is 1. The van der Waals surface area contributed by atoms with Gasteiger partial charge in [-0.2, -0.15) is 0 Å². The summed E-state index contributed by atoms with van der Waals surface area (Å²) in [4.78, 5) is 26.1. The van der Waals surface area contributed by atoms with Crippen molar-refractivity contribution in [3.05, 3.63) is 66.0 Å². The average molecular weight is 342 g/mol. The molecule has 130 valence electrons. The SMILES string of the molecule is O=C(Nc1ccccc1F)[C@@H]1CCCN1C(=O)OCc1ccccc1. The van der Waals surface area contributed by atoms with Gasteiger partial charge in [0.1, 0.15) is 18.5 Å². The largest absolute Gasteiger partial charge is 0.445 e. The predicted molar refractivity (Wildman–Crippen MR) is 91.4 cm³/mol. The van der Waals surface area contributed by atoms with E-state index < -0.39 is 23.9 Å². The molecule has 0 bridgehead atoms. The molecule has 0 radical (unpaired) electrons. The minimum Gasteiger partial charge on any atom is -0.445 e. The Morgan fingerprint density at radius 2 is 1.84 bits per heavy atom. The molecule has 1 atom stereocenters. The van der Waals surface area contributed by atoms with Crippen LogP contribution in [0.25, 0.3) is 0 Å². The summed E-state index contributed by atoms with van der Waals surface area (Å²) in [5.74, 6) is -0.911. The van der Waals surface area contributed by atoms with Gasteiger partial charge in [0.05, 0.1) is 5.69 Å². The summed E-state index contributed by atoms with van der Waals surface area (Å²) in [6, 6.07) is 14.6. The lowest BCUT2D eigenvalue weighted by molar-refractivity contribution is -0.120. The predicted octanol–water partition coefficient (Wildman–Crippen LogP) is 3.57. The normalized spacial score (nSPS) is 16.5. The quantitative estimate of drug-likeness (QED) is 0.924. The van der Waals surface area contributed by atoms with Gasteiger partial charge in [-0.05, 0) is 30.5 Å². The van der Waals surface area contributed by atoms with Gasteiger partial charge in [-0.3, -0.25) is 9.69 Å². The first-order valence-electron chi connectivity index (χ1n) is 8.18. The number of likely N-dealkylation sites (tertiary alicyclic amines) is 1. The number of ether oxygens (including phenoxy) is 1. The van der Waals surface area contributed by atoms with Gasteiger partial charge < -0.3 is 10.1 Å². The van der Waals surface area contributed by atoms with Crippen LogP contribution in [0, 0.1) is 5.82 Å². The molecule has 2 aromatic carbocycles. The fraction of sp³-hybridized carbons (Fsp3) is 0.263. The monoisotopic (exact) mass is 342 g/mol. The molecule has 1 heterocycles. The molecule has 0 aromatic heterocycles. The first-order valence-corrected chi connectivity index (χ1v) is 8.18. The van der Waals surface area contributed by atoms with Crippen LogP contribution >= 0.6 is 0 Å². The maximum atomic E-state index is 13.7. The van der Waals surface area contributed by atoms with Crippen molar-refractivity contribution in [3.63, 3.8) is 0 Å². The van der Waals surface area contributed by atoms with Crippen LogP contribution in [0.3, 0.4) is 0 Å². The van der Waals surface area contributed by atoms with E-state index in [4.69, 9.17) is 4.74 Å². The molecule has 2 amide bonds. The van der Waals surface area contributed by atoms with Gasteiger partial charge in [-0.15, -0.1) is 0 Å². The minimum absolute atomic E-state index is 0.108. The van der Waals surface area contributed by atoms with E-state index in [0.29, 0.717) is 19.4 Å². The second-order valence-electron chi connectivity index (χ2n) is 5.86. The number of nitrogens with one attached hydrogen (secondary N) is 1. The molecule has 0 spiro atoms. The molecule has 0 aliphatic carbocycles. The summed E-state index contributed by atoms with van der Waals surface area (Å²) in [6.45, 7) is 0.598. The zero-order valence-electron chi connectivity index (χ0n) is 13.7. The van der Waals surface area contributed by atoms with E-state index in [1.54, 1.807) is 12.1 Å². The van der Waals surface area contributed by atoms with E-state index in [9.17, 15) is 14.0 Å². The number of hydrogen-bond donors (Lipinski definition) is 1. The molecule has 3 rings (SSSR count). The molecular formula is C19H19FN2O3. The first kappa shape index (κ1) is 17.0. The Bertz CT molecular complexity index is 751. The highest BCUT2D eigenvalue weighted by Gasteiger charge is 2.35. The van der Waals surface area contributed by atoms with E-state index >= 15 is 0 Å². The molecule has 1 N–H and O–H groups in total. The van der Waals surface area contributed by atoms with E-state index in [1.807, 2.05) is 30.3 Å². The van der Waals surface area contributed by atoms with Gasteiger partial charge in [-0.25, -0.2) is 9.18 Å². The summed E-state index contributed by atoms with van der Waals surface area (Å²) >= 11 is 0. The van der Waals surface area contributed by atoms with E-state index in [2.05, 4.69) is 5.32 Å². The van der Waals surface area contributed by atoms with Gasteiger partial charge in [0.2, 0.25) is 5.91 Å². The van der Waals surface area contributed by atoms with Crippen LogP contribution in [0.1, 0.15) is 18.4 Å². The third-order valence-electron chi connectivity index (χ3n) is 4.13. The maximum Gasteiger partial charge on any atom is 0.410 e. The van der Waals surface area contributed by atoms with Crippen molar-refractivity contribution >= 4 is 17.7 Å². The summed E-state index contributed by atoms with van der Waals surface area (Å²) in [7, 11) is 0. The van der Waals surface area contributed by atoms with Crippen LogP contribution in [0.4, 0.5) is 14.9 Å². The standard InChI is InChI=1S/C19H19FN2O3/c20-15-9-4-5-10-16(15)21-18(23)17-11-6-12-22(17)19(24)25-13-14-7-2-1-3-8-14/h1-5,7-10,17H,6,11-13H2,(H,21,23)/t17-/m0/s1. The average Bonchev–Trinajstić information content (AvgIpc) is 3.12. The minimum atomic E-state index is -0.650. The smallest absolute Gasteiger partial charge is 0.410 e. The van der Waals surface area contributed by atoms with Gasteiger partial charge in [0.15, 0.2) is 0 Å². The second-order valence-corrected chi connectivity index (χ2v) is 5.86. The molecule has 2 aromatic rings. The van der Waals surface area contributed by atoms with E-state index in [-0.39, 0.29) is 12.3 Å². The Morgan fingerprint density at radius 1 is 1.12 bits per heavy atom. The van der Waals surface area contributed by atoms with Crippen molar-refractivity contribution in [2.75, 3.05) is 11.9 Å². The number of carbonyl (C=O) groups excluding carboxylic acids is 2. The van der Waals surface area contributed by atoms with Crippen molar-refractivity contribution < 1.29 is 18.7 Å². The van der Waals surface area contributed by atoms with Crippen LogP contribution in [-0.4, -0.2) is 29.5 Å². The number of para-hydroxylation sites is 1. The fourth-order valence-electron chi connectivity index (χ4n) is 2.84. The summed E-state index contributed by atoms with van der Waals surface area (Å²) in [5.41, 5.74) is 0.986. The molecule has 1 saturated heterocycles. The number of carbonyl (C=O) groups is 2. The van der Waals surface area contributed by atoms with Gasteiger partial charge in [0.25, 0.3) is 0 Å². The first-order chi connectivity index (χ1) is 12.1. The fourth-order valence-corrected chi connectivity index (χ4v) is 2.84. The highest BCUT2D eigenvalue weighted by atomic mass is 19.1. The van der Waals surface area contributed by atoms with Crippen LogP contribution in [0.15, 0.2) is 54.6 Å². The highest BCUT2D eigenvalue weighted by Crippen LogP contribution is 2.21. The Hall–Kier alpha value is -2.89. The highest BCUT2D eigenvalue weighted by molar-refractivity contribution is 5.96. The van der Waals surface area contributed by atoms with E-state index in [0.717, 1.165) is 5.56 Å². The van der Waals surface area contributed by atoms with Crippen molar-refractivity contribution in [2.24, 2.45) is 0 Å². The Kier molecular flexibility index (Phi) is 5.28. The molecule has 0 unspecified atom stereocenters. The molecule has 6 heteroatoms. The van der Waals surface area contributed by atoms with Crippen LogP contribution in [0.5, 0.6) is 0 Å². The molecule has 1 fully saturated rings. The van der Waals surface area contributed by atoms with Crippen molar-refractivity contribution in [1.82, 2.24) is 4.90 Å². The molecule has 0 saturated carbocycles. The lowest BCUT2D eigenvalue weighted by atomic mass is 10.2. The molecule has 25 heavy (non-hydrogen) atoms. The molecule has 5 nitrogen and oxygen atoms in total.